The molecule has 27 heavy (non-hydrogen) atoms. The van der Waals surface area contributed by atoms with E-state index in [1.807, 2.05) is 0 Å². The maximum Gasteiger partial charge on any atom is 0.331 e. The monoisotopic (exact) mass is 385 g/mol. The van der Waals surface area contributed by atoms with Gasteiger partial charge in [-0.05, 0) is 35.9 Å². The van der Waals surface area contributed by atoms with Crippen LogP contribution in [0.1, 0.15) is 11.5 Å². The fourth-order valence-electron chi connectivity index (χ4n) is 2.07. The zero-order valence-corrected chi connectivity index (χ0v) is 14.5. The van der Waals surface area contributed by atoms with Crippen LogP contribution in [0.5, 0.6) is 0 Å². The van der Waals surface area contributed by atoms with E-state index in [9.17, 15) is 14.9 Å². The molecule has 1 aromatic heterocycles. The summed E-state index contributed by atoms with van der Waals surface area (Å²) in [7, 11) is 0. The van der Waals surface area contributed by atoms with Gasteiger partial charge < -0.3 is 9.15 Å². The van der Waals surface area contributed by atoms with Crippen molar-refractivity contribution in [2.75, 3.05) is 0 Å². The molecule has 0 fully saturated rings. The van der Waals surface area contributed by atoms with Crippen LogP contribution < -0.4 is 0 Å². The van der Waals surface area contributed by atoms with E-state index in [0.29, 0.717) is 10.6 Å². The third-order valence-electron chi connectivity index (χ3n) is 3.41. The lowest BCUT2D eigenvalue weighted by Crippen LogP contribution is -2.00. The highest BCUT2D eigenvalue weighted by Crippen LogP contribution is 2.21. The smallest absolute Gasteiger partial charge is 0.331 e. The number of hydrogen-bond donors (Lipinski definition) is 0. The van der Waals surface area contributed by atoms with Crippen LogP contribution in [0.3, 0.4) is 0 Å². The molecule has 0 N–H and O–H groups in total. The number of nitro groups is 1. The predicted octanol–water partition coefficient (Wildman–Crippen LogP) is 4.05. The normalized spacial score (nSPS) is 10.9. The van der Waals surface area contributed by atoms with Gasteiger partial charge >= 0.3 is 5.97 Å². The minimum atomic E-state index is -0.569. The number of carbonyl (C=O) groups excluding carboxylic acids is 1. The molecule has 3 aromatic rings. The fourth-order valence-corrected chi connectivity index (χ4v) is 2.20. The maximum atomic E-state index is 11.7. The van der Waals surface area contributed by atoms with Crippen molar-refractivity contribution < 1.29 is 18.9 Å². The summed E-state index contributed by atoms with van der Waals surface area (Å²) in [6.45, 7) is -0.191. The van der Waals surface area contributed by atoms with Crippen LogP contribution >= 0.6 is 11.6 Å². The summed E-state index contributed by atoms with van der Waals surface area (Å²) in [4.78, 5) is 21.9. The largest absolute Gasteiger partial charge is 0.452 e. The second-order valence-electron chi connectivity index (χ2n) is 5.30. The number of rotatable bonds is 6. The number of esters is 1. The summed E-state index contributed by atoms with van der Waals surface area (Å²) in [5.41, 5.74) is 1.28. The summed E-state index contributed by atoms with van der Waals surface area (Å²) in [6, 6.07) is 12.6. The molecule has 1 heterocycles. The van der Waals surface area contributed by atoms with Crippen LogP contribution in [0.15, 0.2) is 59.0 Å². The average molecular weight is 386 g/mol. The Morgan fingerprint density at radius 3 is 2.52 bits per heavy atom. The van der Waals surface area contributed by atoms with E-state index in [-0.39, 0.29) is 24.1 Å². The van der Waals surface area contributed by atoms with Crippen LogP contribution in [0.4, 0.5) is 5.69 Å². The molecule has 0 bridgehead atoms. The van der Waals surface area contributed by atoms with Crippen molar-refractivity contribution in [3.8, 4) is 11.5 Å². The van der Waals surface area contributed by atoms with Crippen molar-refractivity contribution in [3.05, 3.63) is 81.2 Å². The Labute approximate surface area is 158 Å². The molecule has 0 unspecified atom stereocenters. The zero-order chi connectivity index (χ0) is 19.2. The van der Waals surface area contributed by atoms with Gasteiger partial charge in [-0.3, -0.25) is 10.1 Å². The van der Waals surface area contributed by atoms with Gasteiger partial charge in [-0.2, -0.15) is 0 Å². The molecule has 0 saturated heterocycles. The van der Waals surface area contributed by atoms with Crippen molar-refractivity contribution >= 4 is 29.3 Å². The standard InChI is InChI=1S/C18H12ClN3O5/c19-14-6-1-12(2-7-14)3-10-17(23)26-11-16-20-21-18(27-16)13-4-8-15(9-5-13)22(24)25/h1-10H,11H2/b10-3+. The predicted molar refractivity (Wildman–Crippen MR) is 96.7 cm³/mol. The van der Waals surface area contributed by atoms with Crippen LogP contribution in [-0.2, 0) is 16.1 Å². The highest BCUT2D eigenvalue weighted by Gasteiger charge is 2.12. The molecule has 0 amide bonds. The number of nitro benzene ring substituents is 1. The molecule has 0 aliphatic rings. The highest BCUT2D eigenvalue weighted by atomic mass is 35.5. The lowest BCUT2D eigenvalue weighted by atomic mass is 10.2. The first-order valence-electron chi connectivity index (χ1n) is 7.69. The van der Waals surface area contributed by atoms with Crippen molar-refractivity contribution in [1.82, 2.24) is 10.2 Å². The minimum absolute atomic E-state index is 0.0418. The molecule has 0 spiro atoms. The molecule has 8 nitrogen and oxygen atoms in total. The van der Waals surface area contributed by atoms with Gasteiger partial charge in [0.15, 0.2) is 6.61 Å². The lowest BCUT2D eigenvalue weighted by Gasteiger charge is -1.98. The maximum absolute atomic E-state index is 11.7. The number of non-ortho nitro benzene ring substituents is 1. The van der Waals surface area contributed by atoms with Gasteiger partial charge in [-0.1, -0.05) is 23.7 Å². The Morgan fingerprint density at radius 1 is 1.15 bits per heavy atom. The van der Waals surface area contributed by atoms with Crippen LogP contribution in [0.25, 0.3) is 17.5 Å². The second kappa shape index (κ2) is 8.24. The summed E-state index contributed by atoms with van der Waals surface area (Å²) >= 11 is 5.79. The van der Waals surface area contributed by atoms with Gasteiger partial charge in [0, 0.05) is 28.8 Å². The molecule has 0 atom stereocenters. The van der Waals surface area contributed by atoms with Gasteiger partial charge in [-0.25, -0.2) is 4.79 Å². The number of carbonyl (C=O) groups is 1. The Bertz CT molecular complexity index is 981. The number of hydrogen-bond acceptors (Lipinski definition) is 7. The first-order valence-corrected chi connectivity index (χ1v) is 8.07. The van der Waals surface area contributed by atoms with E-state index in [1.165, 1.54) is 30.3 Å². The third-order valence-corrected chi connectivity index (χ3v) is 3.66. The summed E-state index contributed by atoms with van der Waals surface area (Å²) < 4.78 is 10.4. The molecule has 0 aliphatic carbocycles. The average Bonchev–Trinajstić information content (AvgIpc) is 3.15. The first-order chi connectivity index (χ1) is 13.0. The van der Waals surface area contributed by atoms with Crippen molar-refractivity contribution in [1.29, 1.82) is 0 Å². The van der Waals surface area contributed by atoms with Gasteiger partial charge in [-0.15, -0.1) is 10.2 Å². The Hall–Kier alpha value is -3.52. The topological polar surface area (TPSA) is 108 Å². The molecule has 3 rings (SSSR count). The molecule has 0 saturated carbocycles. The highest BCUT2D eigenvalue weighted by molar-refractivity contribution is 6.30. The van der Waals surface area contributed by atoms with E-state index >= 15 is 0 Å². The summed E-state index contributed by atoms with van der Waals surface area (Å²) in [5.74, 6) is -0.288. The second-order valence-corrected chi connectivity index (χ2v) is 5.73. The van der Waals surface area contributed by atoms with Crippen molar-refractivity contribution in [2.45, 2.75) is 6.61 Å². The first kappa shape index (κ1) is 18.3. The molecule has 136 valence electrons. The lowest BCUT2D eigenvalue weighted by molar-refractivity contribution is -0.384. The molecular weight excluding hydrogens is 374 g/mol. The number of halogens is 1. The fraction of sp³-hybridized carbons (Fsp3) is 0.0556. The van der Waals surface area contributed by atoms with Gasteiger partial charge in [0.1, 0.15) is 0 Å². The van der Waals surface area contributed by atoms with Gasteiger partial charge in [0.2, 0.25) is 5.89 Å². The zero-order valence-electron chi connectivity index (χ0n) is 13.7. The summed E-state index contributed by atoms with van der Waals surface area (Å²) in [5, 5.41) is 18.9. The number of benzene rings is 2. The van der Waals surface area contributed by atoms with E-state index in [4.69, 9.17) is 20.8 Å². The van der Waals surface area contributed by atoms with Crippen molar-refractivity contribution in [2.24, 2.45) is 0 Å². The Balaban J connectivity index is 1.56. The van der Waals surface area contributed by atoms with Crippen LogP contribution in [0.2, 0.25) is 5.02 Å². The number of ether oxygens (including phenoxy) is 1. The summed E-state index contributed by atoms with van der Waals surface area (Å²) in [6.07, 6.45) is 2.87. The van der Waals surface area contributed by atoms with E-state index in [1.54, 1.807) is 30.3 Å². The van der Waals surface area contributed by atoms with Gasteiger partial charge in [0.25, 0.3) is 11.6 Å². The van der Waals surface area contributed by atoms with Crippen LogP contribution in [0, 0.1) is 10.1 Å². The van der Waals surface area contributed by atoms with E-state index in [2.05, 4.69) is 10.2 Å². The Morgan fingerprint density at radius 2 is 1.85 bits per heavy atom. The third kappa shape index (κ3) is 4.99. The van der Waals surface area contributed by atoms with Crippen LogP contribution in [-0.4, -0.2) is 21.1 Å². The Kier molecular flexibility index (Phi) is 5.58. The number of nitrogens with zero attached hydrogens (tertiary/aromatic N) is 3. The van der Waals surface area contributed by atoms with Crippen molar-refractivity contribution in [3.63, 3.8) is 0 Å². The molecule has 9 heteroatoms. The molecule has 0 aliphatic heterocycles. The minimum Gasteiger partial charge on any atom is -0.452 e. The SMILES string of the molecule is O=C(/C=C/c1ccc(Cl)cc1)OCc1nnc(-c2ccc([N+](=O)[O-])cc2)o1. The molecular formula is C18H12ClN3O5. The molecule has 2 aromatic carbocycles. The van der Waals surface area contributed by atoms with Gasteiger partial charge in [0.05, 0.1) is 4.92 Å². The number of aromatic nitrogens is 2. The van der Waals surface area contributed by atoms with E-state index in [0.717, 1.165) is 5.56 Å². The van der Waals surface area contributed by atoms with E-state index < -0.39 is 10.9 Å². The quantitative estimate of drug-likeness (QED) is 0.272. The molecule has 0 radical (unpaired) electrons.